The van der Waals surface area contributed by atoms with Gasteiger partial charge >= 0.3 is 6.18 Å². The summed E-state index contributed by atoms with van der Waals surface area (Å²) in [6.45, 7) is 1.94. The molecule has 182 valence electrons. The fourth-order valence-corrected chi connectivity index (χ4v) is 4.92. The molecular formula is C23H22F3N7OS. The second-order valence-corrected chi connectivity index (χ2v) is 9.13. The molecule has 8 nitrogen and oxygen atoms in total. The van der Waals surface area contributed by atoms with E-state index in [0.29, 0.717) is 32.1 Å². The summed E-state index contributed by atoms with van der Waals surface area (Å²) >= 11 is 1.37. The van der Waals surface area contributed by atoms with Crippen molar-refractivity contribution in [3.63, 3.8) is 0 Å². The highest BCUT2D eigenvalue weighted by Gasteiger charge is 2.39. The van der Waals surface area contributed by atoms with Crippen LogP contribution in [0.2, 0.25) is 0 Å². The van der Waals surface area contributed by atoms with Gasteiger partial charge in [0.1, 0.15) is 11.6 Å². The van der Waals surface area contributed by atoms with E-state index in [2.05, 4.69) is 9.97 Å². The summed E-state index contributed by atoms with van der Waals surface area (Å²) in [6.07, 6.45) is -1.80. The molecule has 4 heterocycles. The van der Waals surface area contributed by atoms with Crippen LogP contribution in [-0.4, -0.2) is 41.3 Å². The Morgan fingerprint density at radius 3 is 2.51 bits per heavy atom. The van der Waals surface area contributed by atoms with E-state index in [1.165, 1.54) is 17.8 Å². The van der Waals surface area contributed by atoms with Crippen LogP contribution >= 0.6 is 11.8 Å². The zero-order chi connectivity index (χ0) is 24.6. The van der Waals surface area contributed by atoms with Crippen LogP contribution in [0.1, 0.15) is 11.1 Å². The largest absolute Gasteiger partial charge is 0.417 e. The topological polar surface area (TPSA) is 106 Å². The molecule has 0 radical (unpaired) electrons. The van der Waals surface area contributed by atoms with Gasteiger partial charge in [0.2, 0.25) is 5.95 Å². The number of thioether (sulfide) groups is 1. The molecule has 1 saturated heterocycles. The van der Waals surface area contributed by atoms with Crippen molar-refractivity contribution in [1.29, 1.82) is 0 Å². The molecule has 0 aliphatic carbocycles. The lowest BCUT2D eigenvalue weighted by atomic mass is 10.1. The molecule has 35 heavy (non-hydrogen) atoms. The number of benzene rings is 1. The predicted molar refractivity (Wildman–Crippen MR) is 129 cm³/mol. The molecule has 0 spiro atoms. The van der Waals surface area contributed by atoms with Gasteiger partial charge in [0, 0.05) is 42.7 Å². The quantitative estimate of drug-likeness (QED) is 0.553. The molecule has 1 fully saturated rings. The van der Waals surface area contributed by atoms with Crippen molar-refractivity contribution in [2.75, 3.05) is 41.8 Å². The smallest absolute Gasteiger partial charge is 0.384 e. The van der Waals surface area contributed by atoms with E-state index < -0.39 is 16.7 Å². The van der Waals surface area contributed by atoms with E-state index in [1.807, 2.05) is 40.6 Å². The third-order valence-corrected chi connectivity index (χ3v) is 6.80. The first kappa shape index (κ1) is 23.4. The number of pyridine rings is 1. The van der Waals surface area contributed by atoms with Crippen LogP contribution in [0.25, 0.3) is 11.3 Å². The SMILES string of the molecule is Nc1cc(C(F)(F)F)c(-c2cc(N3C=CSC3(N)c3ccccc3)nc(N3CCOCC3)n2)cn1. The van der Waals surface area contributed by atoms with Crippen molar-refractivity contribution in [2.24, 2.45) is 5.73 Å². The summed E-state index contributed by atoms with van der Waals surface area (Å²) in [5.41, 5.74) is 12.2. The van der Waals surface area contributed by atoms with Crippen molar-refractivity contribution < 1.29 is 17.9 Å². The second-order valence-electron chi connectivity index (χ2n) is 8.00. The van der Waals surface area contributed by atoms with Crippen LogP contribution in [0.4, 0.5) is 30.8 Å². The number of nitrogens with zero attached hydrogens (tertiary/aromatic N) is 5. The number of halogens is 3. The standard InChI is InChI=1S/C23H22F3N7OS/c24-22(25,26)17-12-19(27)29-14-16(17)18-13-20(31-21(30-18)32-6-9-34-10-7-32)33-8-11-35-23(33,28)15-4-2-1-3-5-15/h1-5,8,11-14H,6-7,9-10,28H2,(H2,27,29). The van der Waals surface area contributed by atoms with Crippen molar-refractivity contribution >= 4 is 29.3 Å². The fourth-order valence-electron chi connectivity index (χ4n) is 3.99. The van der Waals surface area contributed by atoms with Crippen LogP contribution in [-0.2, 0) is 15.9 Å². The highest BCUT2D eigenvalue weighted by atomic mass is 32.2. The van der Waals surface area contributed by atoms with Crippen LogP contribution in [0.15, 0.2) is 60.3 Å². The number of anilines is 3. The molecule has 0 bridgehead atoms. The van der Waals surface area contributed by atoms with Gasteiger partial charge in [-0.3, -0.25) is 5.73 Å². The maximum absolute atomic E-state index is 13.9. The van der Waals surface area contributed by atoms with Gasteiger partial charge in [0.25, 0.3) is 0 Å². The molecule has 1 aromatic carbocycles. The number of aromatic nitrogens is 3. The first-order valence-electron chi connectivity index (χ1n) is 10.8. The Labute approximate surface area is 203 Å². The van der Waals surface area contributed by atoms with Gasteiger partial charge in [-0.25, -0.2) is 9.97 Å². The predicted octanol–water partition coefficient (Wildman–Crippen LogP) is 3.77. The average Bonchev–Trinajstić information content (AvgIpc) is 3.27. The van der Waals surface area contributed by atoms with Gasteiger partial charge in [-0.15, -0.1) is 0 Å². The first-order valence-corrected chi connectivity index (χ1v) is 11.7. The Balaban J connectivity index is 1.67. The summed E-state index contributed by atoms with van der Waals surface area (Å²) in [6, 6.07) is 11.7. The summed E-state index contributed by atoms with van der Waals surface area (Å²) in [5.74, 6) is 0.410. The summed E-state index contributed by atoms with van der Waals surface area (Å²) < 4.78 is 47.2. The number of nitrogens with two attached hydrogens (primary N) is 2. The highest BCUT2D eigenvalue weighted by molar-refractivity contribution is 8.03. The Hall–Kier alpha value is -3.35. The van der Waals surface area contributed by atoms with E-state index in [-0.39, 0.29) is 23.0 Å². The number of morpholine rings is 1. The van der Waals surface area contributed by atoms with Gasteiger partial charge < -0.3 is 20.3 Å². The third-order valence-electron chi connectivity index (χ3n) is 5.75. The van der Waals surface area contributed by atoms with Crippen molar-refractivity contribution in [3.8, 4) is 11.3 Å². The fraction of sp³-hybridized carbons (Fsp3) is 0.261. The molecule has 3 aromatic rings. The van der Waals surface area contributed by atoms with Crippen LogP contribution < -0.4 is 21.3 Å². The number of hydrogen-bond donors (Lipinski definition) is 2. The minimum atomic E-state index is -4.65. The minimum absolute atomic E-state index is 0.0667. The van der Waals surface area contributed by atoms with Crippen molar-refractivity contribution in [2.45, 2.75) is 11.2 Å². The number of rotatable bonds is 4. The van der Waals surface area contributed by atoms with E-state index in [9.17, 15) is 13.2 Å². The molecular weight excluding hydrogens is 479 g/mol. The molecule has 5 rings (SSSR count). The lowest BCUT2D eigenvalue weighted by Crippen LogP contribution is -2.46. The zero-order valence-electron chi connectivity index (χ0n) is 18.4. The van der Waals surface area contributed by atoms with Gasteiger partial charge in [0.05, 0.1) is 24.5 Å². The number of ether oxygens (including phenoxy) is 1. The Bertz CT molecular complexity index is 1250. The normalized spacial score (nSPS) is 20.5. The van der Waals surface area contributed by atoms with Crippen molar-refractivity contribution in [1.82, 2.24) is 15.0 Å². The lowest BCUT2D eigenvalue weighted by Gasteiger charge is -2.35. The van der Waals surface area contributed by atoms with Crippen LogP contribution in [0.3, 0.4) is 0 Å². The molecule has 2 aromatic heterocycles. The van der Waals surface area contributed by atoms with E-state index in [1.54, 1.807) is 11.1 Å². The highest BCUT2D eigenvalue weighted by Crippen LogP contribution is 2.44. The summed E-state index contributed by atoms with van der Waals surface area (Å²) in [4.78, 5) is 15.7. The third kappa shape index (κ3) is 4.51. The number of nitrogen functional groups attached to an aromatic ring is 1. The zero-order valence-corrected chi connectivity index (χ0v) is 19.3. The molecule has 0 amide bonds. The molecule has 2 aliphatic rings. The Kier molecular flexibility index (Phi) is 6.03. The molecule has 1 atom stereocenters. The van der Waals surface area contributed by atoms with E-state index >= 15 is 0 Å². The van der Waals surface area contributed by atoms with Crippen molar-refractivity contribution in [3.05, 3.63) is 71.4 Å². The van der Waals surface area contributed by atoms with Gasteiger partial charge in [-0.1, -0.05) is 42.1 Å². The molecule has 4 N–H and O–H groups in total. The first-order chi connectivity index (χ1) is 16.8. The van der Waals surface area contributed by atoms with Gasteiger partial charge in [0.15, 0.2) is 4.99 Å². The molecule has 1 unspecified atom stereocenters. The summed E-state index contributed by atoms with van der Waals surface area (Å²) in [7, 11) is 0. The molecule has 2 aliphatic heterocycles. The van der Waals surface area contributed by atoms with Gasteiger partial charge in [-0.05, 0) is 11.5 Å². The molecule has 0 saturated carbocycles. The summed E-state index contributed by atoms with van der Waals surface area (Å²) in [5, 5.41) is 1.83. The monoisotopic (exact) mass is 501 g/mol. The Morgan fingerprint density at radius 1 is 1.06 bits per heavy atom. The maximum Gasteiger partial charge on any atom is 0.417 e. The van der Waals surface area contributed by atoms with Gasteiger partial charge in [-0.2, -0.15) is 18.2 Å². The Morgan fingerprint density at radius 2 is 1.80 bits per heavy atom. The number of alkyl halides is 3. The van der Waals surface area contributed by atoms with Crippen LogP contribution in [0.5, 0.6) is 0 Å². The lowest BCUT2D eigenvalue weighted by molar-refractivity contribution is -0.137. The maximum atomic E-state index is 13.9. The average molecular weight is 502 g/mol. The second kappa shape index (κ2) is 9.02. The van der Waals surface area contributed by atoms with E-state index in [0.717, 1.165) is 17.8 Å². The number of hydrogen-bond acceptors (Lipinski definition) is 9. The van der Waals surface area contributed by atoms with Crippen LogP contribution in [0, 0.1) is 0 Å². The molecule has 12 heteroatoms. The van der Waals surface area contributed by atoms with E-state index in [4.69, 9.17) is 21.2 Å². The minimum Gasteiger partial charge on any atom is -0.384 e.